The summed E-state index contributed by atoms with van der Waals surface area (Å²) in [5, 5.41) is 3.38. The van der Waals surface area contributed by atoms with E-state index < -0.39 is 5.92 Å². The fraction of sp³-hybridized carbons (Fsp3) is 0.346. The molecule has 1 aliphatic carbocycles. The van der Waals surface area contributed by atoms with E-state index in [1.807, 2.05) is 50.2 Å². The van der Waals surface area contributed by atoms with Gasteiger partial charge in [0.1, 0.15) is 5.75 Å². The number of benzene rings is 1. The monoisotopic (exact) mass is 432 g/mol. The smallest absolute Gasteiger partial charge is 0.336 e. The molecular formula is C26H28N2O4. The molecule has 0 amide bonds. The van der Waals surface area contributed by atoms with Crippen molar-refractivity contribution in [1.29, 1.82) is 0 Å². The molecule has 2 heterocycles. The minimum absolute atomic E-state index is 0.0506. The quantitative estimate of drug-likeness (QED) is 0.682. The van der Waals surface area contributed by atoms with Gasteiger partial charge in [-0.3, -0.25) is 9.78 Å². The van der Waals surface area contributed by atoms with Gasteiger partial charge >= 0.3 is 5.97 Å². The van der Waals surface area contributed by atoms with Crippen molar-refractivity contribution in [3.8, 4) is 5.75 Å². The van der Waals surface area contributed by atoms with Crippen molar-refractivity contribution in [2.45, 2.75) is 44.9 Å². The van der Waals surface area contributed by atoms with Crippen LogP contribution < -0.4 is 10.1 Å². The third-order valence-corrected chi connectivity index (χ3v) is 6.11. The zero-order chi connectivity index (χ0) is 22.7. The molecule has 0 saturated heterocycles. The predicted octanol–water partition coefficient (Wildman–Crippen LogP) is 4.41. The van der Waals surface area contributed by atoms with Crippen LogP contribution in [-0.2, 0) is 14.3 Å². The van der Waals surface area contributed by atoms with Crippen molar-refractivity contribution in [2.24, 2.45) is 0 Å². The Hall–Kier alpha value is -3.41. The highest BCUT2D eigenvalue weighted by Gasteiger charge is 2.41. The number of pyridine rings is 1. The number of hydrogen-bond acceptors (Lipinski definition) is 6. The maximum absolute atomic E-state index is 13.5. The molecule has 6 nitrogen and oxygen atoms in total. The van der Waals surface area contributed by atoms with Gasteiger partial charge in [-0.25, -0.2) is 4.79 Å². The molecule has 2 aromatic rings. The van der Waals surface area contributed by atoms with E-state index in [1.54, 1.807) is 19.5 Å². The number of esters is 1. The van der Waals surface area contributed by atoms with Crippen LogP contribution in [0.15, 0.2) is 71.3 Å². The zero-order valence-corrected chi connectivity index (χ0v) is 18.7. The molecule has 0 bridgehead atoms. The number of nitrogens with one attached hydrogen (secondary N) is 1. The SMILES string of the molecule is CCCOC(=O)C1=C(C)NC2=C(C(=O)CC(c3ccc(OC)cc3)C2)C1c1ccncc1. The van der Waals surface area contributed by atoms with E-state index in [0.717, 1.165) is 34.7 Å². The lowest BCUT2D eigenvalue weighted by atomic mass is 9.72. The van der Waals surface area contributed by atoms with E-state index in [1.165, 1.54) is 0 Å². The van der Waals surface area contributed by atoms with E-state index in [4.69, 9.17) is 9.47 Å². The molecule has 4 rings (SSSR count). The van der Waals surface area contributed by atoms with Crippen LogP contribution in [0, 0.1) is 0 Å². The topological polar surface area (TPSA) is 77.5 Å². The van der Waals surface area contributed by atoms with Crippen molar-refractivity contribution in [3.05, 3.63) is 82.5 Å². The third-order valence-electron chi connectivity index (χ3n) is 6.11. The van der Waals surface area contributed by atoms with Crippen LogP contribution in [-0.4, -0.2) is 30.5 Å². The first-order valence-electron chi connectivity index (χ1n) is 11.0. The lowest BCUT2D eigenvalue weighted by molar-refractivity contribution is -0.139. The Morgan fingerprint density at radius 3 is 2.47 bits per heavy atom. The molecule has 32 heavy (non-hydrogen) atoms. The van der Waals surface area contributed by atoms with Crippen molar-refractivity contribution < 1.29 is 19.1 Å². The number of nitrogens with zero attached hydrogens (tertiary/aromatic N) is 1. The van der Waals surface area contributed by atoms with Gasteiger partial charge in [-0.05, 0) is 61.1 Å². The van der Waals surface area contributed by atoms with Crippen LogP contribution >= 0.6 is 0 Å². The van der Waals surface area contributed by atoms with Gasteiger partial charge in [0.15, 0.2) is 5.78 Å². The number of methoxy groups -OCH3 is 1. The standard InChI is InChI=1S/C26H28N2O4/c1-4-13-32-26(30)23-16(2)28-21-14-19(17-5-7-20(31-3)8-6-17)15-22(29)25(21)24(23)18-9-11-27-12-10-18/h5-12,19,24,28H,4,13-15H2,1-3H3. The largest absolute Gasteiger partial charge is 0.497 e. The Morgan fingerprint density at radius 1 is 1.09 bits per heavy atom. The summed E-state index contributed by atoms with van der Waals surface area (Å²) in [6.45, 7) is 4.18. The Bertz CT molecular complexity index is 1070. The van der Waals surface area contributed by atoms with E-state index in [-0.39, 0.29) is 17.7 Å². The average Bonchev–Trinajstić information content (AvgIpc) is 2.82. The molecule has 2 unspecified atom stereocenters. The molecule has 6 heteroatoms. The lowest BCUT2D eigenvalue weighted by Crippen LogP contribution is -2.36. The number of allylic oxidation sites excluding steroid dienone is 3. The number of ketones is 1. The fourth-order valence-corrected chi connectivity index (χ4v) is 4.58. The Kier molecular flexibility index (Phi) is 6.40. The summed E-state index contributed by atoms with van der Waals surface area (Å²) in [7, 11) is 1.64. The Balaban J connectivity index is 1.73. The first kappa shape index (κ1) is 21.8. The van der Waals surface area contributed by atoms with E-state index >= 15 is 0 Å². The van der Waals surface area contributed by atoms with Crippen LogP contribution in [0.1, 0.15) is 56.1 Å². The lowest BCUT2D eigenvalue weighted by Gasteiger charge is -2.36. The van der Waals surface area contributed by atoms with Gasteiger partial charge in [0.25, 0.3) is 0 Å². The molecule has 0 saturated carbocycles. The second kappa shape index (κ2) is 9.39. The summed E-state index contributed by atoms with van der Waals surface area (Å²) in [6, 6.07) is 11.6. The van der Waals surface area contributed by atoms with Gasteiger partial charge in [0.2, 0.25) is 0 Å². The fourth-order valence-electron chi connectivity index (χ4n) is 4.58. The number of dihydropyridines is 1. The first-order chi connectivity index (χ1) is 15.5. The summed E-state index contributed by atoms with van der Waals surface area (Å²) in [6.07, 6.45) is 5.21. The summed E-state index contributed by atoms with van der Waals surface area (Å²) < 4.78 is 10.7. The maximum atomic E-state index is 13.5. The van der Waals surface area contributed by atoms with Gasteiger partial charge in [-0.1, -0.05) is 19.1 Å². The van der Waals surface area contributed by atoms with Crippen molar-refractivity contribution in [3.63, 3.8) is 0 Å². The molecule has 2 atom stereocenters. The van der Waals surface area contributed by atoms with Gasteiger partial charge < -0.3 is 14.8 Å². The van der Waals surface area contributed by atoms with Gasteiger partial charge in [0.05, 0.1) is 19.3 Å². The molecule has 1 aromatic carbocycles. The van der Waals surface area contributed by atoms with Gasteiger partial charge in [-0.2, -0.15) is 0 Å². The van der Waals surface area contributed by atoms with Crippen LogP contribution in [0.4, 0.5) is 0 Å². The zero-order valence-electron chi connectivity index (χ0n) is 18.7. The van der Waals surface area contributed by atoms with Crippen molar-refractivity contribution >= 4 is 11.8 Å². The number of Topliss-reactive ketones (excluding diaryl/α,β-unsaturated/α-hetero) is 1. The van der Waals surface area contributed by atoms with Crippen molar-refractivity contribution in [1.82, 2.24) is 10.3 Å². The molecule has 1 N–H and O–H groups in total. The van der Waals surface area contributed by atoms with Crippen LogP contribution in [0.5, 0.6) is 5.75 Å². The van der Waals surface area contributed by atoms with Crippen LogP contribution in [0.3, 0.4) is 0 Å². The summed E-state index contributed by atoms with van der Waals surface area (Å²) >= 11 is 0. The number of hydrogen-bond donors (Lipinski definition) is 1. The normalized spacial score (nSPS) is 20.5. The predicted molar refractivity (Wildman–Crippen MR) is 121 cm³/mol. The summed E-state index contributed by atoms with van der Waals surface area (Å²) in [5.41, 5.74) is 4.74. The van der Waals surface area contributed by atoms with Crippen LogP contribution in [0.2, 0.25) is 0 Å². The number of ether oxygens (including phenoxy) is 2. The number of carbonyl (C=O) groups is 2. The second-order valence-electron chi connectivity index (χ2n) is 8.21. The number of carbonyl (C=O) groups excluding carboxylic acids is 2. The highest BCUT2D eigenvalue weighted by molar-refractivity contribution is 6.04. The Labute approximate surface area is 188 Å². The summed E-state index contributed by atoms with van der Waals surface area (Å²) in [5.74, 6) is 0.0744. The molecular weight excluding hydrogens is 404 g/mol. The third kappa shape index (κ3) is 4.17. The van der Waals surface area contributed by atoms with Crippen molar-refractivity contribution in [2.75, 3.05) is 13.7 Å². The highest BCUT2D eigenvalue weighted by atomic mass is 16.5. The van der Waals surface area contributed by atoms with E-state index in [0.29, 0.717) is 30.6 Å². The number of aromatic nitrogens is 1. The molecule has 0 fully saturated rings. The molecule has 2 aliphatic rings. The van der Waals surface area contributed by atoms with E-state index in [9.17, 15) is 9.59 Å². The molecule has 166 valence electrons. The Morgan fingerprint density at radius 2 is 1.81 bits per heavy atom. The molecule has 0 spiro atoms. The molecule has 1 aliphatic heterocycles. The summed E-state index contributed by atoms with van der Waals surface area (Å²) in [4.78, 5) is 30.6. The minimum Gasteiger partial charge on any atom is -0.497 e. The van der Waals surface area contributed by atoms with E-state index in [2.05, 4.69) is 10.3 Å². The minimum atomic E-state index is -0.456. The van der Waals surface area contributed by atoms with Gasteiger partial charge in [0, 0.05) is 41.7 Å². The number of rotatable bonds is 6. The second-order valence-corrected chi connectivity index (χ2v) is 8.21. The molecule has 0 radical (unpaired) electrons. The maximum Gasteiger partial charge on any atom is 0.336 e. The van der Waals surface area contributed by atoms with Crippen LogP contribution in [0.25, 0.3) is 0 Å². The highest BCUT2D eigenvalue weighted by Crippen LogP contribution is 2.45. The molecule has 1 aromatic heterocycles. The average molecular weight is 433 g/mol. The van der Waals surface area contributed by atoms with Gasteiger partial charge in [-0.15, -0.1) is 0 Å². The first-order valence-corrected chi connectivity index (χ1v) is 11.0.